The zero-order chi connectivity index (χ0) is 9.35. The minimum Gasteiger partial charge on any atom is -0.459 e. The van der Waals surface area contributed by atoms with Gasteiger partial charge >= 0.3 is 5.97 Å². The summed E-state index contributed by atoms with van der Waals surface area (Å²) >= 11 is 0. The molecule has 1 rings (SSSR count). The van der Waals surface area contributed by atoms with Gasteiger partial charge in [0.1, 0.15) is 5.60 Å². The van der Waals surface area contributed by atoms with Crippen LogP contribution in [-0.4, -0.2) is 11.6 Å². The van der Waals surface area contributed by atoms with E-state index in [4.69, 9.17) is 4.74 Å². The Morgan fingerprint density at radius 3 is 2.67 bits per heavy atom. The second-order valence-corrected chi connectivity index (χ2v) is 3.79. The standard InChI is InChI=1S/C10H16O2/c1-7-5-6-10(4,8(7)2)12-9(3)11/h8H,1,5-6H2,2-4H3. The zero-order valence-electron chi connectivity index (χ0n) is 8.02. The number of esters is 1. The fraction of sp³-hybridized carbons (Fsp3) is 0.700. The fourth-order valence-corrected chi connectivity index (χ4v) is 1.74. The van der Waals surface area contributed by atoms with Crippen LogP contribution in [0.4, 0.5) is 0 Å². The normalized spacial score (nSPS) is 35.2. The van der Waals surface area contributed by atoms with Crippen molar-refractivity contribution in [3.63, 3.8) is 0 Å². The van der Waals surface area contributed by atoms with Gasteiger partial charge in [-0.3, -0.25) is 4.79 Å². The molecule has 0 N–H and O–H groups in total. The monoisotopic (exact) mass is 168 g/mol. The van der Waals surface area contributed by atoms with E-state index in [9.17, 15) is 4.79 Å². The predicted molar refractivity (Wildman–Crippen MR) is 47.7 cm³/mol. The molecule has 2 unspecified atom stereocenters. The van der Waals surface area contributed by atoms with E-state index in [0.717, 1.165) is 12.8 Å². The van der Waals surface area contributed by atoms with Crippen LogP contribution >= 0.6 is 0 Å². The second-order valence-electron chi connectivity index (χ2n) is 3.79. The average molecular weight is 168 g/mol. The summed E-state index contributed by atoms with van der Waals surface area (Å²) in [6.45, 7) is 9.46. The Labute approximate surface area is 73.6 Å². The molecule has 0 aliphatic heterocycles. The van der Waals surface area contributed by atoms with Gasteiger partial charge in [-0.2, -0.15) is 0 Å². The Kier molecular flexibility index (Phi) is 2.27. The van der Waals surface area contributed by atoms with E-state index < -0.39 is 0 Å². The number of carbonyl (C=O) groups excluding carboxylic acids is 1. The minimum atomic E-state index is -0.303. The van der Waals surface area contributed by atoms with Gasteiger partial charge in [-0.05, 0) is 19.8 Å². The zero-order valence-corrected chi connectivity index (χ0v) is 8.02. The van der Waals surface area contributed by atoms with Crippen LogP contribution in [-0.2, 0) is 9.53 Å². The molecule has 0 heterocycles. The molecule has 1 aliphatic carbocycles. The molecule has 0 radical (unpaired) electrons. The third-order valence-corrected chi connectivity index (χ3v) is 2.85. The van der Waals surface area contributed by atoms with Crippen molar-refractivity contribution in [1.82, 2.24) is 0 Å². The number of hydrogen-bond donors (Lipinski definition) is 0. The van der Waals surface area contributed by atoms with Crippen LogP contribution in [0.5, 0.6) is 0 Å². The van der Waals surface area contributed by atoms with E-state index in [0.29, 0.717) is 5.92 Å². The van der Waals surface area contributed by atoms with E-state index in [-0.39, 0.29) is 11.6 Å². The van der Waals surface area contributed by atoms with Crippen molar-refractivity contribution < 1.29 is 9.53 Å². The molecular weight excluding hydrogens is 152 g/mol. The highest BCUT2D eigenvalue weighted by Gasteiger charge is 2.40. The lowest BCUT2D eigenvalue weighted by atomic mass is 9.93. The first-order valence-electron chi connectivity index (χ1n) is 4.33. The first kappa shape index (κ1) is 9.30. The Morgan fingerprint density at radius 2 is 2.33 bits per heavy atom. The molecule has 0 saturated heterocycles. The van der Waals surface area contributed by atoms with Gasteiger partial charge in [0.25, 0.3) is 0 Å². The van der Waals surface area contributed by atoms with Gasteiger partial charge in [-0.15, -0.1) is 0 Å². The number of carbonyl (C=O) groups is 1. The highest BCUT2D eigenvalue weighted by molar-refractivity contribution is 5.66. The van der Waals surface area contributed by atoms with Gasteiger partial charge in [0.15, 0.2) is 0 Å². The molecule has 0 bridgehead atoms. The summed E-state index contributed by atoms with van der Waals surface area (Å²) in [6.07, 6.45) is 1.89. The molecule has 12 heavy (non-hydrogen) atoms. The smallest absolute Gasteiger partial charge is 0.303 e. The maximum Gasteiger partial charge on any atom is 0.303 e. The molecule has 0 aromatic heterocycles. The van der Waals surface area contributed by atoms with Crippen LogP contribution in [0.25, 0.3) is 0 Å². The van der Waals surface area contributed by atoms with Crippen LogP contribution in [0.1, 0.15) is 33.6 Å². The van der Waals surface area contributed by atoms with Crippen molar-refractivity contribution in [2.24, 2.45) is 5.92 Å². The van der Waals surface area contributed by atoms with Gasteiger partial charge in [-0.25, -0.2) is 0 Å². The molecule has 68 valence electrons. The van der Waals surface area contributed by atoms with Crippen LogP contribution in [0.15, 0.2) is 12.2 Å². The summed E-state index contributed by atoms with van der Waals surface area (Å²) < 4.78 is 5.28. The molecule has 2 atom stereocenters. The van der Waals surface area contributed by atoms with E-state index >= 15 is 0 Å². The van der Waals surface area contributed by atoms with Crippen LogP contribution in [0.2, 0.25) is 0 Å². The molecule has 0 aromatic rings. The lowest BCUT2D eigenvalue weighted by molar-refractivity contribution is -0.157. The lowest BCUT2D eigenvalue weighted by Crippen LogP contribution is -2.33. The number of ether oxygens (including phenoxy) is 1. The second kappa shape index (κ2) is 2.92. The molecule has 0 amide bonds. The number of rotatable bonds is 1. The van der Waals surface area contributed by atoms with Crippen molar-refractivity contribution in [3.05, 3.63) is 12.2 Å². The molecular formula is C10H16O2. The Morgan fingerprint density at radius 1 is 1.75 bits per heavy atom. The first-order valence-corrected chi connectivity index (χ1v) is 4.33. The molecule has 1 saturated carbocycles. The summed E-state index contributed by atoms with van der Waals surface area (Å²) in [6, 6.07) is 0. The van der Waals surface area contributed by atoms with Gasteiger partial charge < -0.3 is 4.74 Å². The van der Waals surface area contributed by atoms with Crippen molar-refractivity contribution in [3.8, 4) is 0 Å². The SMILES string of the molecule is C=C1CCC(C)(OC(C)=O)C1C. The van der Waals surface area contributed by atoms with E-state index in [1.165, 1.54) is 12.5 Å². The summed E-state index contributed by atoms with van der Waals surface area (Å²) in [7, 11) is 0. The van der Waals surface area contributed by atoms with Gasteiger partial charge in [0.2, 0.25) is 0 Å². The molecule has 2 heteroatoms. The number of hydrogen-bond acceptors (Lipinski definition) is 2. The third-order valence-electron chi connectivity index (χ3n) is 2.85. The van der Waals surface area contributed by atoms with Gasteiger partial charge in [0.05, 0.1) is 0 Å². The Hall–Kier alpha value is -0.790. The van der Waals surface area contributed by atoms with Crippen LogP contribution < -0.4 is 0 Å². The molecule has 0 aromatic carbocycles. The van der Waals surface area contributed by atoms with E-state index in [2.05, 4.69) is 13.5 Å². The predicted octanol–water partition coefficient (Wildman–Crippen LogP) is 2.29. The maximum atomic E-state index is 10.8. The van der Waals surface area contributed by atoms with Crippen molar-refractivity contribution in [2.45, 2.75) is 39.2 Å². The van der Waals surface area contributed by atoms with Crippen LogP contribution in [0, 0.1) is 5.92 Å². The van der Waals surface area contributed by atoms with Gasteiger partial charge in [0, 0.05) is 12.8 Å². The Bertz CT molecular complexity index is 220. The molecule has 0 spiro atoms. The first-order chi connectivity index (χ1) is 5.46. The quantitative estimate of drug-likeness (QED) is 0.443. The van der Waals surface area contributed by atoms with E-state index in [1.54, 1.807) is 0 Å². The van der Waals surface area contributed by atoms with Gasteiger partial charge in [-0.1, -0.05) is 19.1 Å². The third kappa shape index (κ3) is 1.52. The van der Waals surface area contributed by atoms with E-state index in [1.807, 2.05) is 6.92 Å². The largest absolute Gasteiger partial charge is 0.459 e. The molecule has 2 nitrogen and oxygen atoms in total. The van der Waals surface area contributed by atoms with Crippen LogP contribution in [0.3, 0.4) is 0 Å². The molecule has 1 aliphatic rings. The topological polar surface area (TPSA) is 26.3 Å². The van der Waals surface area contributed by atoms with Crippen molar-refractivity contribution >= 4 is 5.97 Å². The summed E-state index contributed by atoms with van der Waals surface area (Å²) in [4.78, 5) is 10.8. The van der Waals surface area contributed by atoms with Crippen molar-refractivity contribution in [2.75, 3.05) is 0 Å². The summed E-state index contributed by atoms with van der Waals surface area (Å²) in [5, 5.41) is 0. The highest BCUT2D eigenvalue weighted by Crippen LogP contribution is 2.41. The highest BCUT2D eigenvalue weighted by atomic mass is 16.6. The minimum absolute atomic E-state index is 0.195. The van der Waals surface area contributed by atoms with Crippen molar-refractivity contribution in [1.29, 1.82) is 0 Å². The lowest BCUT2D eigenvalue weighted by Gasteiger charge is -2.28. The average Bonchev–Trinajstić information content (AvgIpc) is 2.16. The molecule has 1 fully saturated rings. The maximum absolute atomic E-state index is 10.8. The Balaban J connectivity index is 2.72. The fourth-order valence-electron chi connectivity index (χ4n) is 1.74. The summed E-state index contributed by atoms with van der Waals surface area (Å²) in [5.41, 5.74) is 0.891. The summed E-state index contributed by atoms with van der Waals surface area (Å²) in [5.74, 6) is 0.0976.